The number of aromatic nitrogens is 1. The molecule has 1 N–H and O–H groups in total. The van der Waals surface area contributed by atoms with Crippen LogP contribution in [0.3, 0.4) is 0 Å². The van der Waals surface area contributed by atoms with Crippen molar-refractivity contribution in [3.8, 4) is 0 Å². The van der Waals surface area contributed by atoms with E-state index in [4.69, 9.17) is 0 Å². The molecule has 31 heavy (non-hydrogen) atoms. The third-order valence-corrected chi connectivity index (χ3v) is 5.97. The molecule has 1 saturated heterocycles. The van der Waals surface area contributed by atoms with Crippen LogP contribution in [0.1, 0.15) is 25.0 Å². The molecular formula is C20H17F3N4O3S. The molecule has 1 aromatic heterocycles. The van der Waals surface area contributed by atoms with Crippen LogP contribution in [-0.4, -0.2) is 38.8 Å². The van der Waals surface area contributed by atoms with Gasteiger partial charge in [-0.05, 0) is 61.5 Å². The van der Waals surface area contributed by atoms with E-state index in [1.807, 2.05) is 0 Å². The number of hydrogen-bond donors (Lipinski definition) is 1. The second-order valence-electron chi connectivity index (χ2n) is 7.63. The monoisotopic (exact) mass is 450 g/mol. The van der Waals surface area contributed by atoms with Gasteiger partial charge >= 0.3 is 11.5 Å². The van der Waals surface area contributed by atoms with Crippen LogP contribution in [0.5, 0.6) is 0 Å². The molecule has 2 aliphatic rings. The van der Waals surface area contributed by atoms with Gasteiger partial charge in [-0.3, -0.25) is 9.59 Å². The Morgan fingerprint density at radius 1 is 1.13 bits per heavy atom. The lowest BCUT2D eigenvalue weighted by Gasteiger charge is -2.28. The van der Waals surface area contributed by atoms with E-state index >= 15 is 0 Å². The fourth-order valence-electron chi connectivity index (χ4n) is 3.62. The van der Waals surface area contributed by atoms with E-state index in [1.165, 1.54) is 35.4 Å². The van der Waals surface area contributed by atoms with Crippen molar-refractivity contribution >= 4 is 41.1 Å². The lowest BCUT2D eigenvalue weighted by molar-refractivity contribution is -0.123. The van der Waals surface area contributed by atoms with Crippen molar-refractivity contribution in [1.29, 1.82) is 0 Å². The summed E-state index contributed by atoms with van der Waals surface area (Å²) in [6.07, 6.45) is 1.65. The number of alkyl halides is 3. The zero-order valence-corrected chi connectivity index (χ0v) is 17.3. The van der Waals surface area contributed by atoms with Crippen molar-refractivity contribution in [3.63, 3.8) is 0 Å². The molecular weight excluding hydrogens is 433 g/mol. The number of benzene rings is 1. The van der Waals surface area contributed by atoms with E-state index in [1.54, 1.807) is 19.9 Å². The maximum atomic E-state index is 13.2. The number of carbonyl (C=O) groups excluding carboxylic acids is 3. The molecule has 0 saturated carbocycles. The number of hydrogen-bond acceptors (Lipinski definition) is 5. The highest BCUT2D eigenvalue weighted by atomic mass is 32.2. The van der Waals surface area contributed by atoms with E-state index in [-0.39, 0.29) is 41.2 Å². The van der Waals surface area contributed by atoms with Gasteiger partial charge in [-0.25, -0.2) is 14.7 Å². The summed E-state index contributed by atoms with van der Waals surface area (Å²) in [4.78, 5) is 44.3. The summed E-state index contributed by atoms with van der Waals surface area (Å²) in [6.45, 7) is 3.29. The van der Waals surface area contributed by atoms with Gasteiger partial charge in [-0.1, -0.05) is 0 Å². The first-order chi connectivity index (χ1) is 14.5. The van der Waals surface area contributed by atoms with Crippen LogP contribution >= 0.6 is 11.8 Å². The zero-order chi connectivity index (χ0) is 22.6. The minimum atomic E-state index is -4.43. The van der Waals surface area contributed by atoms with Gasteiger partial charge in [-0.2, -0.15) is 13.2 Å². The van der Waals surface area contributed by atoms with Crippen LogP contribution in [0.15, 0.2) is 41.4 Å². The first-order valence-corrected chi connectivity index (χ1v) is 10.1. The highest BCUT2D eigenvalue weighted by Crippen LogP contribution is 2.39. The normalized spacial score (nSPS) is 17.9. The van der Waals surface area contributed by atoms with E-state index < -0.39 is 23.0 Å². The minimum absolute atomic E-state index is 0.0454. The number of urea groups is 1. The molecule has 4 rings (SSSR count). The van der Waals surface area contributed by atoms with E-state index in [0.29, 0.717) is 16.9 Å². The fraction of sp³-hybridized carbons (Fsp3) is 0.300. The van der Waals surface area contributed by atoms with Crippen molar-refractivity contribution in [1.82, 2.24) is 9.88 Å². The Bertz CT molecular complexity index is 1090. The number of pyridine rings is 1. The van der Waals surface area contributed by atoms with Gasteiger partial charge in [0.15, 0.2) is 0 Å². The molecule has 1 fully saturated rings. The van der Waals surface area contributed by atoms with Gasteiger partial charge in [0.25, 0.3) is 5.91 Å². The molecule has 11 heteroatoms. The molecule has 0 bridgehead atoms. The Labute approximate surface area is 179 Å². The van der Waals surface area contributed by atoms with Gasteiger partial charge < -0.3 is 10.2 Å². The van der Waals surface area contributed by atoms with Crippen molar-refractivity contribution < 1.29 is 27.6 Å². The molecule has 0 unspecified atom stereocenters. The molecule has 162 valence electrons. The lowest BCUT2D eigenvalue weighted by Crippen LogP contribution is -2.43. The minimum Gasteiger partial charge on any atom is -0.310 e. The third-order valence-electron chi connectivity index (χ3n) is 5.23. The van der Waals surface area contributed by atoms with Gasteiger partial charge in [0.1, 0.15) is 11.4 Å². The van der Waals surface area contributed by atoms with Crippen LogP contribution in [0.25, 0.3) is 0 Å². The summed E-state index contributed by atoms with van der Waals surface area (Å²) in [6, 6.07) is 6.17. The first-order valence-electron chi connectivity index (χ1n) is 9.26. The average Bonchev–Trinajstić information content (AvgIpc) is 3.13. The first kappa shape index (κ1) is 21.2. The average molecular weight is 450 g/mol. The summed E-state index contributed by atoms with van der Waals surface area (Å²) in [7, 11) is 0. The molecule has 2 aliphatic heterocycles. The number of amides is 4. The number of rotatable bonds is 4. The molecule has 4 amide bonds. The summed E-state index contributed by atoms with van der Waals surface area (Å²) in [5.41, 5.74) is -4.07. The molecule has 7 nitrogen and oxygen atoms in total. The third kappa shape index (κ3) is 3.85. The van der Waals surface area contributed by atoms with E-state index in [2.05, 4.69) is 10.3 Å². The number of thioether (sulfide) groups is 1. The molecule has 0 spiro atoms. The molecule has 2 aromatic rings. The highest BCUT2D eigenvalue weighted by molar-refractivity contribution is 8.00. The van der Waals surface area contributed by atoms with Crippen molar-refractivity contribution in [2.24, 2.45) is 0 Å². The number of imide groups is 1. The Morgan fingerprint density at radius 3 is 2.45 bits per heavy atom. The van der Waals surface area contributed by atoms with Crippen LogP contribution in [0.2, 0.25) is 0 Å². The van der Waals surface area contributed by atoms with Gasteiger partial charge in [0.05, 0.1) is 12.1 Å². The van der Waals surface area contributed by atoms with Gasteiger partial charge in [-0.15, -0.1) is 0 Å². The van der Waals surface area contributed by atoms with Gasteiger partial charge in [0, 0.05) is 23.2 Å². The predicted molar refractivity (Wildman–Crippen MR) is 107 cm³/mol. The lowest BCUT2D eigenvalue weighted by atomic mass is 10.0. The van der Waals surface area contributed by atoms with Crippen LogP contribution in [-0.2, 0) is 22.6 Å². The summed E-state index contributed by atoms with van der Waals surface area (Å²) in [5, 5.41) is 2.65. The summed E-state index contributed by atoms with van der Waals surface area (Å²) in [5.74, 6) is -0.252. The Hall–Kier alpha value is -3.08. The predicted octanol–water partition coefficient (Wildman–Crippen LogP) is 3.94. The second kappa shape index (κ2) is 7.26. The second-order valence-corrected chi connectivity index (χ2v) is 8.77. The SMILES string of the molecule is CC1(C)C(=O)N(c2ccc(SC(F)(F)F)cc2)C(=O)N1Cc1ccnc2c1CC(=O)N2. The quantitative estimate of drug-likeness (QED) is 0.564. The van der Waals surface area contributed by atoms with Crippen LogP contribution < -0.4 is 10.2 Å². The molecule has 0 atom stereocenters. The number of fused-ring (bicyclic) bond motifs is 1. The summed E-state index contributed by atoms with van der Waals surface area (Å²) >= 11 is -0.271. The number of halogens is 3. The summed E-state index contributed by atoms with van der Waals surface area (Å²) < 4.78 is 37.7. The molecule has 3 heterocycles. The van der Waals surface area contributed by atoms with Crippen molar-refractivity contribution in [2.75, 3.05) is 10.2 Å². The number of carbonyl (C=O) groups is 3. The van der Waals surface area contributed by atoms with Crippen molar-refractivity contribution in [2.45, 2.75) is 42.8 Å². The fourth-order valence-corrected chi connectivity index (χ4v) is 4.16. The van der Waals surface area contributed by atoms with Crippen molar-refractivity contribution in [3.05, 3.63) is 47.7 Å². The molecule has 0 aliphatic carbocycles. The zero-order valence-electron chi connectivity index (χ0n) is 16.5. The molecule has 1 aromatic carbocycles. The highest BCUT2D eigenvalue weighted by Gasteiger charge is 2.52. The van der Waals surface area contributed by atoms with E-state index in [0.717, 1.165) is 4.90 Å². The maximum absolute atomic E-state index is 13.2. The van der Waals surface area contributed by atoms with Crippen LogP contribution in [0.4, 0.5) is 29.5 Å². The Balaban J connectivity index is 1.61. The smallest absolute Gasteiger partial charge is 0.310 e. The topological polar surface area (TPSA) is 82.6 Å². The number of nitrogens with zero attached hydrogens (tertiary/aromatic N) is 3. The standard InChI is InChI=1S/C20H17F3N4O3S/c1-19(2)17(29)27(12-3-5-13(6-4-12)31-20(21,22)23)18(30)26(19)10-11-7-8-24-16-14(11)9-15(28)25-16/h3-8H,9-10H2,1-2H3,(H,24,25,28). The maximum Gasteiger partial charge on any atom is 0.446 e. The van der Waals surface area contributed by atoms with E-state index in [9.17, 15) is 27.6 Å². The Morgan fingerprint density at radius 2 is 1.81 bits per heavy atom. The van der Waals surface area contributed by atoms with Gasteiger partial charge in [0.2, 0.25) is 5.91 Å². The van der Waals surface area contributed by atoms with Crippen LogP contribution in [0, 0.1) is 0 Å². The molecule has 0 radical (unpaired) electrons. The number of anilines is 2. The Kier molecular flexibility index (Phi) is 4.95. The number of nitrogens with one attached hydrogen (secondary N) is 1. The largest absolute Gasteiger partial charge is 0.446 e.